The molecule has 1 saturated heterocycles. The predicted octanol–water partition coefficient (Wildman–Crippen LogP) is 3.44. The van der Waals surface area contributed by atoms with Crippen LogP contribution in [0.2, 0.25) is 0 Å². The van der Waals surface area contributed by atoms with Crippen LogP contribution in [0.4, 0.5) is 13.2 Å². The predicted molar refractivity (Wildman–Crippen MR) is 96.5 cm³/mol. The zero-order valence-corrected chi connectivity index (χ0v) is 15.8. The third-order valence-corrected chi connectivity index (χ3v) is 5.10. The molecule has 1 amide bonds. The first-order valence-corrected chi connectivity index (χ1v) is 9.04. The lowest BCUT2D eigenvalue weighted by molar-refractivity contribution is -0.144. The van der Waals surface area contributed by atoms with Crippen LogP contribution < -0.4 is 4.74 Å². The van der Waals surface area contributed by atoms with Crippen LogP contribution in [0, 0.1) is 6.92 Å². The minimum atomic E-state index is -4.68. The molecular formula is C19H18F3N5O2. The maximum absolute atomic E-state index is 13.2. The van der Waals surface area contributed by atoms with Gasteiger partial charge in [0.15, 0.2) is 0 Å². The fraction of sp³-hybridized carbons (Fsp3) is 0.368. The number of aryl methyl sites for hydroxylation is 1. The molecule has 3 aromatic rings. The molecule has 0 bridgehead atoms. The Balaban J connectivity index is 1.67. The number of aromatic nitrogens is 4. The average molecular weight is 405 g/mol. The van der Waals surface area contributed by atoms with Crippen LogP contribution in [0.3, 0.4) is 0 Å². The molecule has 0 saturated carbocycles. The number of rotatable bonds is 3. The Morgan fingerprint density at radius 2 is 1.97 bits per heavy atom. The largest absolute Gasteiger partial charge is 0.497 e. The first kappa shape index (κ1) is 19.2. The molecule has 0 spiro atoms. The van der Waals surface area contributed by atoms with Gasteiger partial charge in [0.2, 0.25) is 0 Å². The van der Waals surface area contributed by atoms with Crippen molar-refractivity contribution in [3.63, 3.8) is 0 Å². The Labute approximate surface area is 164 Å². The molecule has 0 N–H and O–H groups in total. The summed E-state index contributed by atoms with van der Waals surface area (Å²) in [5, 5.41) is 3.48. The normalized spacial score (nSPS) is 17.1. The zero-order valence-electron chi connectivity index (χ0n) is 15.8. The molecule has 1 aliphatic rings. The lowest BCUT2D eigenvalue weighted by atomic mass is 10.0. The zero-order chi connectivity index (χ0) is 20.8. The molecule has 152 valence electrons. The smallest absolute Gasteiger partial charge is 0.453 e. The Kier molecular flexibility index (Phi) is 4.64. The van der Waals surface area contributed by atoms with Crippen molar-refractivity contribution in [2.45, 2.75) is 32.0 Å². The summed E-state index contributed by atoms with van der Waals surface area (Å²) in [6.45, 7) is 2.09. The molecule has 1 unspecified atom stereocenters. The average Bonchev–Trinajstić information content (AvgIpc) is 3.35. The molecule has 0 aliphatic carbocycles. The maximum atomic E-state index is 13.2. The summed E-state index contributed by atoms with van der Waals surface area (Å²) < 4.78 is 44.9. The molecule has 1 aromatic carbocycles. The molecule has 7 nitrogen and oxygen atoms in total. The van der Waals surface area contributed by atoms with E-state index in [9.17, 15) is 18.0 Å². The number of alkyl halides is 3. The number of likely N-dealkylation sites (tertiary alicyclic amines) is 1. The van der Waals surface area contributed by atoms with Crippen molar-refractivity contribution in [3.05, 3.63) is 53.1 Å². The van der Waals surface area contributed by atoms with Crippen molar-refractivity contribution in [1.82, 2.24) is 24.5 Å². The molecule has 1 aliphatic heterocycles. The monoisotopic (exact) mass is 405 g/mol. The van der Waals surface area contributed by atoms with E-state index in [1.807, 2.05) is 24.3 Å². The molecule has 1 atom stereocenters. The van der Waals surface area contributed by atoms with E-state index in [4.69, 9.17) is 4.74 Å². The first-order chi connectivity index (χ1) is 13.8. The molecule has 10 heteroatoms. The number of fused-ring (bicyclic) bond motifs is 1. The lowest BCUT2D eigenvalue weighted by Gasteiger charge is -2.25. The first-order valence-electron chi connectivity index (χ1n) is 9.04. The highest BCUT2D eigenvalue weighted by Gasteiger charge is 2.37. The van der Waals surface area contributed by atoms with Crippen molar-refractivity contribution in [1.29, 1.82) is 0 Å². The molecule has 4 rings (SSSR count). The second-order valence-electron chi connectivity index (χ2n) is 6.83. The van der Waals surface area contributed by atoms with E-state index in [0.717, 1.165) is 28.7 Å². The Bertz CT molecular complexity index is 1060. The van der Waals surface area contributed by atoms with Gasteiger partial charge in [0.05, 0.1) is 24.4 Å². The van der Waals surface area contributed by atoms with E-state index in [1.165, 1.54) is 13.1 Å². The second kappa shape index (κ2) is 7.02. The topological polar surface area (TPSA) is 72.6 Å². The highest BCUT2D eigenvalue weighted by atomic mass is 19.4. The van der Waals surface area contributed by atoms with Gasteiger partial charge in [-0.1, -0.05) is 12.1 Å². The lowest BCUT2D eigenvalue weighted by Crippen LogP contribution is -2.31. The van der Waals surface area contributed by atoms with Crippen LogP contribution in [0.25, 0.3) is 5.78 Å². The van der Waals surface area contributed by atoms with Crippen molar-refractivity contribution < 1.29 is 22.7 Å². The van der Waals surface area contributed by atoms with Gasteiger partial charge in [-0.2, -0.15) is 18.2 Å². The minimum Gasteiger partial charge on any atom is -0.497 e. The summed E-state index contributed by atoms with van der Waals surface area (Å²) in [5.41, 5.74) is 1.45. The number of carbonyl (C=O) groups is 1. The van der Waals surface area contributed by atoms with Gasteiger partial charge >= 0.3 is 6.18 Å². The fourth-order valence-electron chi connectivity index (χ4n) is 3.61. The van der Waals surface area contributed by atoms with E-state index in [0.29, 0.717) is 6.54 Å². The summed E-state index contributed by atoms with van der Waals surface area (Å²) >= 11 is 0. The van der Waals surface area contributed by atoms with Gasteiger partial charge in [-0.3, -0.25) is 4.79 Å². The van der Waals surface area contributed by atoms with Crippen LogP contribution in [0.15, 0.2) is 30.5 Å². The van der Waals surface area contributed by atoms with E-state index in [-0.39, 0.29) is 29.0 Å². The number of methoxy groups -OCH3 is 1. The Hall–Kier alpha value is -3.17. The van der Waals surface area contributed by atoms with Gasteiger partial charge in [-0.15, -0.1) is 5.10 Å². The Morgan fingerprint density at radius 3 is 2.62 bits per heavy atom. The van der Waals surface area contributed by atoms with Crippen molar-refractivity contribution in [2.24, 2.45) is 0 Å². The third kappa shape index (κ3) is 3.39. The summed E-state index contributed by atoms with van der Waals surface area (Å²) in [5.74, 6) is -1.05. The van der Waals surface area contributed by atoms with Crippen LogP contribution in [-0.4, -0.2) is 44.0 Å². The number of nitrogens with zero attached hydrogens (tertiary/aromatic N) is 5. The maximum Gasteiger partial charge on any atom is 0.453 e. The number of amides is 1. The molecule has 1 fully saturated rings. The minimum absolute atomic E-state index is 0.120. The highest BCUT2D eigenvalue weighted by molar-refractivity contribution is 5.95. The van der Waals surface area contributed by atoms with Gasteiger partial charge in [0.1, 0.15) is 5.75 Å². The number of benzene rings is 1. The standard InChI is InChI=1S/C19H18F3N5O2/c1-11-14(10-23-18-24-17(19(20,21)22)25-27(11)18)16(28)26-9-3-4-15(26)12-5-7-13(29-2)8-6-12/h5-8,10,15H,3-4,9H2,1-2H3. The van der Waals surface area contributed by atoms with Gasteiger partial charge in [0, 0.05) is 12.7 Å². The van der Waals surface area contributed by atoms with Gasteiger partial charge in [-0.05, 0) is 37.5 Å². The summed E-state index contributed by atoms with van der Waals surface area (Å²) in [6, 6.07) is 7.38. The SMILES string of the molecule is COc1ccc(C2CCCN2C(=O)c2cnc3nc(C(F)(F)F)nn3c2C)cc1. The van der Waals surface area contributed by atoms with Gasteiger partial charge in [-0.25, -0.2) is 9.50 Å². The van der Waals surface area contributed by atoms with Crippen molar-refractivity contribution >= 4 is 11.7 Å². The third-order valence-electron chi connectivity index (χ3n) is 5.10. The van der Waals surface area contributed by atoms with Crippen LogP contribution in [-0.2, 0) is 6.18 Å². The number of carbonyl (C=O) groups excluding carboxylic acids is 1. The fourth-order valence-corrected chi connectivity index (χ4v) is 3.61. The Morgan fingerprint density at radius 1 is 1.24 bits per heavy atom. The molecule has 3 heterocycles. The second-order valence-corrected chi connectivity index (χ2v) is 6.83. The summed E-state index contributed by atoms with van der Waals surface area (Å²) in [4.78, 5) is 22.2. The number of ether oxygens (including phenoxy) is 1. The highest BCUT2D eigenvalue weighted by Crippen LogP contribution is 2.34. The van der Waals surface area contributed by atoms with Crippen LogP contribution in [0.1, 0.15) is 46.3 Å². The molecule has 2 aromatic heterocycles. The number of hydrogen-bond donors (Lipinski definition) is 0. The quantitative estimate of drug-likeness (QED) is 0.668. The van der Waals surface area contributed by atoms with E-state index < -0.39 is 12.0 Å². The summed E-state index contributed by atoms with van der Waals surface area (Å²) in [7, 11) is 1.58. The van der Waals surface area contributed by atoms with Gasteiger partial charge in [0.25, 0.3) is 17.5 Å². The summed E-state index contributed by atoms with van der Waals surface area (Å²) in [6.07, 6.45) is -1.78. The van der Waals surface area contributed by atoms with Crippen molar-refractivity contribution in [3.8, 4) is 5.75 Å². The van der Waals surface area contributed by atoms with Crippen LogP contribution in [0.5, 0.6) is 5.75 Å². The molecular weight excluding hydrogens is 387 g/mol. The van der Waals surface area contributed by atoms with Gasteiger partial charge < -0.3 is 9.64 Å². The van der Waals surface area contributed by atoms with Crippen molar-refractivity contribution in [2.75, 3.05) is 13.7 Å². The number of halogens is 3. The van der Waals surface area contributed by atoms with Crippen LogP contribution >= 0.6 is 0 Å². The van der Waals surface area contributed by atoms with E-state index in [1.54, 1.807) is 12.0 Å². The molecule has 0 radical (unpaired) electrons. The van der Waals surface area contributed by atoms with E-state index >= 15 is 0 Å². The number of hydrogen-bond acceptors (Lipinski definition) is 5. The van der Waals surface area contributed by atoms with E-state index in [2.05, 4.69) is 15.1 Å². The molecule has 29 heavy (non-hydrogen) atoms.